The molecule has 0 saturated carbocycles. The van der Waals surface area contributed by atoms with E-state index in [2.05, 4.69) is 52.5 Å². The average molecular weight is 399 g/mol. The van der Waals surface area contributed by atoms with E-state index in [-0.39, 0.29) is 5.82 Å². The lowest BCUT2D eigenvalue weighted by atomic mass is 9.83. The predicted octanol–water partition coefficient (Wildman–Crippen LogP) is 8.44. The Hall–Kier alpha value is -2.93. The van der Waals surface area contributed by atoms with E-state index in [1.54, 1.807) is 6.07 Å². The Morgan fingerprint density at radius 1 is 0.833 bits per heavy atom. The Morgan fingerprint density at radius 3 is 2.13 bits per heavy atom. The summed E-state index contributed by atoms with van der Waals surface area (Å²) in [5.41, 5.74) is 12.4. The van der Waals surface area contributed by atoms with Crippen LogP contribution in [0.1, 0.15) is 57.0 Å². The molecule has 1 heteroatoms. The third-order valence-electron chi connectivity index (χ3n) is 6.00. The molecule has 3 rings (SSSR count). The Labute approximate surface area is 180 Å². The zero-order valence-electron chi connectivity index (χ0n) is 19.2. The molecule has 0 aliphatic carbocycles. The van der Waals surface area contributed by atoms with Crippen LogP contribution in [0, 0.1) is 47.4 Å². The van der Waals surface area contributed by atoms with Crippen molar-refractivity contribution in [3.63, 3.8) is 0 Å². The van der Waals surface area contributed by atoms with E-state index in [0.717, 1.165) is 39.0 Å². The molecule has 3 aromatic carbocycles. The number of benzene rings is 3. The van der Waals surface area contributed by atoms with Gasteiger partial charge in [-0.3, -0.25) is 0 Å². The van der Waals surface area contributed by atoms with Crippen LogP contribution in [0.5, 0.6) is 0 Å². The molecule has 0 bridgehead atoms. The van der Waals surface area contributed by atoms with Crippen LogP contribution in [0.25, 0.3) is 22.8 Å². The Balaban J connectivity index is 2.35. The zero-order valence-corrected chi connectivity index (χ0v) is 19.2. The molecule has 0 aliphatic rings. The molecule has 0 heterocycles. The fraction of sp³-hybridized carbons (Fsp3) is 0.241. The summed E-state index contributed by atoms with van der Waals surface area (Å²) in [6.45, 7) is 18.9. The van der Waals surface area contributed by atoms with Crippen molar-refractivity contribution in [2.45, 2.75) is 48.5 Å². The Bertz CT molecular complexity index is 1180. The van der Waals surface area contributed by atoms with Crippen molar-refractivity contribution < 1.29 is 4.39 Å². The van der Waals surface area contributed by atoms with Crippen molar-refractivity contribution in [1.82, 2.24) is 0 Å². The molecular formula is C29H31F. The van der Waals surface area contributed by atoms with Crippen LogP contribution >= 0.6 is 0 Å². The van der Waals surface area contributed by atoms with Gasteiger partial charge in [0.05, 0.1) is 0 Å². The highest BCUT2D eigenvalue weighted by molar-refractivity contribution is 5.90. The minimum atomic E-state index is -0.193. The van der Waals surface area contributed by atoms with E-state index in [4.69, 9.17) is 0 Å². The van der Waals surface area contributed by atoms with Gasteiger partial charge in [0.1, 0.15) is 5.82 Å². The summed E-state index contributed by atoms with van der Waals surface area (Å²) >= 11 is 0. The van der Waals surface area contributed by atoms with Crippen LogP contribution in [0.2, 0.25) is 0 Å². The van der Waals surface area contributed by atoms with Gasteiger partial charge in [-0.1, -0.05) is 60.2 Å². The summed E-state index contributed by atoms with van der Waals surface area (Å²) in [6, 6.07) is 12.2. The second kappa shape index (κ2) is 8.44. The number of aryl methyl sites for hydroxylation is 4. The molecule has 0 aliphatic heterocycles. The van der Waals surface area contributed by atoms with Crippen LogP contribution in [0.15, 0.2) is 49.1 Å². The molecule has 3 aromatic rings. The largest absolute Gasteiger partial charge is 0.206 e. The summed E-state index contributed by atoms with van der Waals surface area (Å²) in [5, 5.41) is 0. The van der Waals surface area contributed by atoms with Gasteiger partial charge in [0.2, 0.25) is 0 Å². The molecule has 30 heavy (non-hydrogen) atoms. The fourth-order valence-electron chi connectivity index (χ4n) is 4.43. The standard InChI is InChI=1S/C29H31F/c1-9-10-24-16-27(30)29(25-12-11-17(2)13-20(25)5)23(8)28(24)22(7)26-15-18(3)14-19(4)21(26)6/h9-16H,7H2,1-6,8H3/b10-9-. The number of rotatable bonds is 4. The first kappa shape index (κ1) is 21.8. The van der Waals surface area contributed by atoms with Gasteiger partial charge in [0.25, 0.3) is 0 Å². The predicted molar refractivity (Wildman–Crippen MR) is 130 cm³/mol. The van der Waals surface area contributed by atoms with Gasteiger partial charge in [-0.2, -0.15) is 0 Å². The lowest BCUT2D eigenvalue weighted by Gasteiger charge is -2.21. The van der Waals surface area contributed by atoms with E-state index in [1.807, 2.05) is 45.1 Å². The molecule has 0 spiro atoms. The molecule has 0 radical (unpaired) electrons. The first-order chi connectivity index (χ1) is 14.1. The summed E-state index contributed by atoms with van der Waals surface area (Å²) in [4.78, 5) is 0. The van der Waals surface area contributed by atoms with Gasteiger partial charge < -0.3 is 0 Å². The third kappa shape index (κ3) is 3.89. The highest BCUT2D eigenvalue weighted by Gasteiger charge is 2.20. The molecule has 0 aromatic heterocycles. The molecule has 0 unspecified atom stereocenters. The highest BCUT2D eigenvalue weighted by atomic mass is 19.1. The molecule has 0 atom stereocenters. The highest BCUT2D eigenvalue weighted by Crippen LogP contribution is 2.39. The van der Waals surface area contributed by atoms with Crippen LogP contribution in [-0.2, 0) is 0 Å². The number of hydrogen-bond donors (Lipinski definition) is 0. The van der Waals surface area contributed by atoms with Crippen molar-refractivity contribution in [1.29, 1.82) is 0 Å². The Morgan fingerprint density at radius 2 is 1.50 bits per heavy atom. The number of allylic oxidation sites excluding steroid dienone is 1. The lowest BCUT2D eigenvalue weighted by Crippen LogP contribution is -2.03. The van der Waals surface area contributed by atoms with E-state index in [0.29, 0.717) is 5.56 Å². The smallest absolute Gasteiger partial charge is 0.131 e. The second-order valence-electron chi connectivity index (χ2n) is 8.37. The van der Waals surface area contributed by atoms with Crippen molar-refractivity contribution >= 4 is 11.6 Å². The van der Waals surface area contributed by atoms with E-state index in [9.17, 15) is 0 Å². The summed E-state index contributed by atoms with van der Waals surface area (Å²) < 4.78 is 15.4. The first-order valence-electron chi connectivity index (χ1n) is 10.5. The lowest BCUT2D eigenvalue weighted by molar-refractivity contribution is 0.629. The summed E-state index contributed by atoms with van der Waals surface area (Å²) in [6.07, 6.45) is 3.93. The minimum Gasteiger partial charge on any atom is -0.206 e. The van der Waals surface area contributed by atoms with Crippen LogP contribution in [0.4, 0.5) is 4.39 Å². The average Bonchev–Trinajstić information content (AvgIpc) is 2.66. The molecule has 0 N–H and O–H groups in total. The molecular weight excluding hydrogens is 367 g/mol. The third-order valence-corrected chi connectivity index (χ3v) is 6.00. The van der Waals surface area contributed by atoms with Gasteiger partial charge in [-0.15, -0.1) is 0 Å². The molecule has 0 nitrogen and oxygen atoms in total. The maximum Gasteiger partial charge on any atom is 0.131 e. The fourth-order valence-corrected chi connectivity index (χ4v) is 4.43. The topological polar surface area (TPSA) is 0 Å². The Kier molecular flexibility index (Phi) is 6.12. The van der Waals surface area contributed by atoms with E-state index in [1.165, 1.54) is 22.3 Å². The maximum absolute atomic E-state index is 15.4. The summed E-state index contributed by atoms with van der Waals surface area (Å²) in [7, 11) is 0. The summed E-state index contributed by atoms with van der Waals surface area (Å²) in [5.74, 6) is -0.193. The van der Waals surface area contributed by atoms with Gasteiger partial charge >= 0.3 is 0 Å². The number of halogens is 1. The number of hydrogen-bond acceptors (Lipinski definition) is 0. The quantitative estimate of drug-likeness (QED) is 0.413. The van der Waals surface area contributed by atoms with Crippen molar-refractivity contribution in [3.8, 4) is 11.1 Å². The van der Waals surface area contributed by atoms with Crippen molar-refractivity contribution in [3.05, 3.63) is 105 Å². The van der Waals surface area contributed by atoms with Crippen LogP contribution in [-0.4, -0.2) is 0 Å². The van der Waals surface area contributed by atoms with Gasteiger partial charge in [0.15, 0.2) is 0 Å². The van der Waals surface area contributed by atoms with Gasteiger partial charge in [-0.05, 0) is 105 Å². The normalized spacial score (nSPS) is 11.3. The van der Waals surface area contributed by atoms with Gasteiger partial charge in [-0.25, -0.2) is 4.39 Å². The van der Waals surface area contributed by atoms with Crippen molar-refractivity contribution in [2.75, 3.05) is 0 Å². The SMILES string of the molecule is C=C(c1cc(C)cc(C)c1C)c1c(/C=C\C)cc(F)c(-c2ccc(C)cc2C)c1C. The first-order valence-corrected chi connectivity index (χ1v) is 10.5. The minimum absolute atomic E-state index is 0.193. The molecule has 154 valence electrons. The van der Waals surface area contributed by atoms with E-state index >= 15 is 4.39 Å². The monoisotopic (exact) mass is 398 g/mol. The maximum atomic E-state index is 15.4. The molecule has 0 fully saturated rings. The van der Waals surface area contributed by atoms with Crippen LogP contribution in [0.3, 0.4) is 0 Å². The van der Waals surface area contributed by atoms with E-state index < -0.39 is 0 Å². The second-order valence-corrected chi connectivity index (χ2v) is 8.37. The van der Waals surface area contributed by atoms with Crippen molar-refractivity contribution in [2.24, 2.45) is 0 Å². The molecule has 0 saturated heterocycles. The zero-order chi connectivity index (χ0) is 22.2. The molecule has 0 amide bonds. The van der Waals surface area contributed by atoms with Crippen LogP contribution < -0.4 is 0 Å². The van der Waals surface area contributed by atoms with Gasteiger partial charge in [0, 0.05) is 5.56 Å².